The van der Waals surface area contributed by atoms with E-state index in [1.54, 1.807) is 0 Å². The second kappa shape index (κ2) is 7.87. The number of carbonyl (C=O) groups is 2. The third-order valence-corrected chi connectivity index (χ3v) is 2.86. The highest BCUT2D eigenvalue weighted by Crippen LogP contribution is 2.35. The Bertz CT molecular complexity index is 348. The molecule has 0 spiro atoms. The lowest BCUT2D eigenvalue weighted by molar-refractivity contribution is -0.270. The first-order valence-electron chi connectivity index (χ1n) is 5.41. The van der Waals surface area contributed by atoms with Crippen molar-refractivity contribution in [2.45, 2.75) is 31.0 Å². The molecule has 0 aliphatic rings. The van der Waals surface area contributed by atoms with Crippen LogP contribution < -0.4 is 5.32 Å². The largest absolute Gasteiger partial charge is 0.463 e. The molecule has 1 amide bonds. The summed E-state index contributed by atoms with van der Waals surface area (Å²) < 4.78 is 66.2. The van der Waals surface area contributed by atoms with Crippen LogP contribution >= 0.6 is 15.9 Å². The van der Waals surface area contributed by atoms with Gasteiger partial charge in [-0.15, -0.1) is 0 Å². The Morgan fingerprint density at radius 3 is 2.20 bits per heavy atom. The van der Waals surface area contributed by atoms with Gasteiger partial charge in [0.2, 0.25) is 0 Å². The average Bonchev–Trinajstić information content (AvgIpc) is 2.35. The Morgan fingerprint density at radius 1 is 1.25 bits per heavy atom. The first kappa shape index (κ1) is 19.2. The number of methoxy groups -OCH3 is 1. The van der Waals surface area contributed by atoms with Crippen LogP contribution in [-0.2, 0) is 14.3 Å². The van der Waals surface area contributed by atoms with Gasteiger partial charge in [0.1, 0.15) is 0 Å². The third-order valence-electron chi connectivity index (χ3n) is 2.31. The molecule has 0 aromatic carbocycles. The maximum Gasteiger partial charge on any atom is 0.463 e. The van der Waals surface area contributed by atoms with Gasteiger partial charge < -0.3 is 10.1 Å². The maximum absolute atomic E-state index is 12.8. The van der Waals surface area contributed by atoms with E-state index in [1.807, 2.05) is 0 Å². The molecule has 0 saturated carbocycles. The van der Waals surface area contributed by atoms with Gasteiger partial charge >= 0.3 is 18.0 Å². The number of halogens is 6. The van der Waals surface area contributed by atoms with Crippen LogP contribution in [0.3, 0.4) is 0 Å². The van der Waals surface area contributed by atoms with Crippen LogP contribution in [0.25, 0.3) is 0 Å². The molecular weight excluding hydrogens is 357 g/mol. The molecule has 0 rings (SSSR count). The van der Waals surface area contributed by atoms with Crippen molar-refractivity contribution < 1.29 is 36.3 Å². The highest BCUT2D eigenvalue weighted by atomic mass is 79.9. The molecule has 0 aliphatic carbocycles. The molecule has 20 heavy (non-hydrogen) atoms. The van der Waals surface area contributed by atoms with Crippen LogP contribution in [0.2, 0.25) is 0 Å². The zero-order valence-electron chi connectivity index (χ0n) is 10.4. The molecule has 4 nitrogen and oxygen atoms in total. The van der Waals surface area contributed by atoms with E-state index in [0.717, 1.165) is 0 Å². The molecule has 0 bridgehead atoms. The summed E-state index contributed by atoms with van der Waals surface area (Å²) in [4.78, 5) is 22.4. The van der Waals surface area contributed by atoms with Gasteiger partial charge in [-0.3, -0.25) is 9.59 Å². The van der Waals surface area contributed by atoms with Crippen LogP contribution in [0, 0.1) is 0 Å². The Labute approximate surface area is 120 Å². The Morgan fingerprint density at radius 2 is 1.80 bits per heavy atom. The Balaban J connectivity index is 4.81. The Hall–Kier alpha value is -0.770. The van der Waals surface area contributed by atoms with Crippen LogP contribution in [0.4, 0.5) is 22.0 Å². The van der Waals surface area contributed by atoms with E-state index in [2.05, 4.69) is 20.7 Å². The minimum Gasteiger partial charge on any atom is -0.385 e. The van der Waals surface area contributed by atoms with Crippen molar-refractivity contribution >= 4 is 27.6 Å². The van der Waals surface area contributed by atoms with Gasteiger partial charge in [-0.05, 0) is 12.8 Å². The summed E-state index contributed by atoms with van der Waals surface area (Å²) in [5, 5.41) is 1.15. The van der Waals surface area contributed by atoms with Crippen LogP contribution in [0.15, 0.2) is 0 Å². The summed E-state index contributed by atoms with van der Waals surface area (Å²) >= 11 is 2.76. The summed E-state index contributed by atoms with van der Waals surface area (Å²) in [5.74, 6) is -8.78. The molecule has 0 radical (unpaired) electrons. The molecule has 0 heterocycles. The van der Waals surface area contributed by atoms with E-state index in [-0.39, 0.29) is 24.8 Å². The number of amides is 1. The van der Waals surface area contributed by atoms with Crippen molar-refractivity contribution in [1.82, 2.24) is 5.32 Å². The van der Waals surface area contributed by atoms with Crippen molar-refractivity contribution in [3.63, 3.8) is 0 Å². The van der Waals surface area contributed by atoms with Gasteiger partial charge in [-0.2, -0.15) is 22.0 Å². The van der Waals surface area contributed by atoms with Crippen molar-refractivity contribution in [3.8, 4) is 0 Å². The molecular formula is C10H13BrF5NO3. The van der Waals surface area contributed by atoms with Gasteiger partial charge in [0, 0.05) is 13.7 Å². The number of alkyl halides is 6. The molecule has 1 atom stereocenters. The fraction of sp³-hybridized carbons (Fsp3) is 0.800. The van der Waals surface area contributed by atoms with Gasteiger partial charge in [-0.1, -0.05) is 15.9 Å². The second-order valence-electron chi connectivity index (χ2n) is 3.83. The smallest absolute Gasteiger partial charge is 0.385 e. The number of ketones is 1. The normalized spacial score (nSPS) is 13.9. The maximum atomic E-state index is 12.8. The Kier molecular flexibility index (Phi) is 7.56. The summed E-state index contributed by atoms with van der Waals surface area (Å²) in [5.41, 5.74) is 0. The van der Waals surface area contributed by atoms with E-state index in [0.29, 0.717) is 0 Å². The van der Waals surface area contributed by atoms with E-state index >= 15 is 0 Å². The van der Waals surface area contributed by atoms with E-state index < -0.39 is 29.8 Å². The summed E-state index contributed by atoms with van der Waals surface area (Å²) in [7, 11) is 1.36. The number of nitrogens with one attached hydrogen (secondary N) is 1. The molecule has 1 N–H and O–H groups in total. The predicted molar refractivity (Wildman–Crippen MR) is 62.8 cm³/mol. The van der Waals surface area contributed by atoms with Crippen molar-refractivity contribution in [1.29, 1.82) is 0 Å². The van der Waals surface area contributed by atoms with Crippen molar-refractivity contribution in [2.75, 3.05) is 19.0 Å². The van der Waals surface area contributed by atoms with E-state index in [1.165, 1.54) is 12.4 Å². The standard InChI is InChI=1S/C10H13BrF5NO3/c1-20-4-2-3-6(7(18)5-11)17-8(19)9(12,13)10(14,15)16/h6H,2-5H2,1H3,(H,17,19). The molecule has 0 aliphatic heterocycles. The first-order valence-corrected chi connectivity index (χ1v) is 6.53. The number of hydrogen-bond acceptors (Lipinski definition) is 3. The van der Waals surface area contributed by atoms with Crippen LogP contribution in [0.5, 0.6) is 0 Å². The van der Waals surface area contributed by atoms with Gasteiger partial charge in [0.15, 0.2) is 5.78 Å². The number of Topliss-reactive ketones (excluding diaryl/α,β-unsaturated/α-hetero) is 1. The lowest BCUT2D eigenvalue weighted by Crippen LogP contribution is -2.54. The van der Waals surface area contributed by atoms with Gasteiger partial charge in [0.05, 0.1) is 11.4 Å². The lowest BCUT2D eigenvalue weighted by atomic mass is 10.1. The van der Waals surface area contributed by atoms with Crippen molar-refractivity contribution in [2.24, 2.45) is 0 Å². The van der Waals surface area contributed by atoms with E-state index in [4.69, 9.17) is 0 Å². The summed E-state index contributed by atoms with van der Waals surface area (Å²) in [6.07, 6.45) is -5.89. The zero-order chi connectivity index (χ0) is 16.0. The molecule has 0 saturated heterocycles. The fourth-order valence-corrected chi connectivity index (χ4v) is 1.61. The zero-order valence-corrected chi connectivity index (χ0v) is 12.0. The molecule has 118 valence electrons. The quantitative estimate of drug-likeness (QED) is 0.404. The minimum absolute atomic E-state index is 0.0993. The average molecular weight is 370 g/mol. The third kappa shape index (κ3) is 5.31. The molecule has 10 heteroatoms. The second-order valence-corrected chi connectivity index (χ2v) is 4.39. The monoisotopic (exact) mass is 369 g/mol. The number of rotatable bonds is 8. The molecule has 1 unspecified atom stereocenters. The molecule has 0 aromatic heterocycles. The minimum atomic E-state index is -6.01. The molecule has 0 aromatic rings. The van der Waals surface area contributed by atoms with E-state index in [9.17, 15) is 31.5 Å². The SMILES string of the molecule is COCCCC(NC(=O)C(F)(F)C(F)(F)F)C(=O)CBr. The summed E-state index contributed by atoms with van der Waals surface area (Å²) in [6, 6.07) is -1.43. The van der Waals surface area contributed by atoms with Gasteiger partial charge in [-0.25, -0.2) is 0 Å². The van der Waals surface area contributed by atoms with Gasteiger partial charge in [0.25, 0.3) is 0 Å². The topological polar surface area (TPSA) is 55.4 Å². The highest BCUT2D eigenvalue weighted by molar-refractivity contribution is 9.09. The fourth-order valence-electron chi connectivity index (χ4n) is 1.22. The summed E-state index contributed by atoms with van der Waals surface area (Å²) in [6.45, 7) is 0.178. The number of ether oxygens (including phenoxy) is 1. The molecule has 0 fully saturated rings. The number of carbonyl (C=O) groups excluding carboxylic acids is 2. The van der Waals surface area contributed by atoms with Crippen LogP contribution in [0.1, 0.15) is 12.8 Å². The number of hydrogen-bond donors (Lipinski definition) is 1. The first-order chi connectivity index (χ1) is 9.07. The van der Waals surface area contributed by atoms with Crippen LogP contribution in [-0.4, -0.2) is 48.9 Å². The highest BCUT2D eigenvalue weighted by Gasteiger charge is 2.63. The predicted octanol–water partition coefficient (Wildman–Crippen LogP) is 2.06. The van der Waals surface area contributed by atoms with Crippen molar-refractivity contribution in [3.05, 3.63) is 0 Å². The lowest BCUT2D eigenvalue weighted by Gasteiger charge is -2.22.